The molecule has 1 amide bonds. The lowest BCUT2D eigenvalue weighted by Gasteiger charge is -2.28. The van der Waals surface area contributed by atoms with Gasteiger partial charge in [0.2, 0.25) is 5.92 Å². The van der Waals surface area contributed by atoms with Gasteiger partial charge in [-0.2, -0.15) is 0 Å². The van der Waals surface area contributed by atoms with Gasteiger partial charge in [-0.1, -0.05) is 0 Å². The molecule has 0 bridgehead atoms. The van der Waals surface area contributed by atoms with Gasteiger partial charge in [-0.3, -0.25) is 9.59 Å². The van der Waals surface area contributed by atoms with Gasteiger partial charge in [0, 0.05) is 31.5 Å². The SMILES string of the molecule is Nc1cc(F)cc2c(=O)cc(C(=O)NCC3CCCC(F)(F)C3)oc12. The molecule has 0 radical (unpaired) electrons. The van der Waals surface area contributed by atoms with E-state index in [1.165, 1.54) is 0 Å². The van der Waals surface area contributed by atoms with Gasteiger partial charge >= 0.3 is 0 Å². The molecule has 25 heavy (non-hydrogen) atoms. The molecule has 1 saturated carbocycles. The summed E-state index contributed by atoms with van der Waals surface area (Å²) in [6, 6.07) is 2.90. The number of hydrogen-bond acceptors (Lipinski definition) is 4. The van der Waals surface area contributed by atoms with Crippen LogP contribution in [0.3, 0.4) is 0 Å². The number of nitrogens with two attached hydrogens (primary N) is 1. The maximum Gasteiger partial charge on any atom is 0.287 e. The number of nitrogens with one attached hydrogen (secondary N) is 1. The molecule has 1 heterocycles. The quantitative estimate of drug-likeness (QED) is 0.830. The minimum absolute atomic E-state index is 0.0646. The van der Waals surface area contributed by atoms with Crippen molar-refractivity contribution in [3.63, 3.8) is 0 Å². The third kappa shape index (κ3) is 3.78. The van der Waals surface area contributed by atoms with Gasteiger partial charge in [0.25, 0.3) is 5.91 Å². The van der Waals surface area contributed by atoms with Crippen molar-refractivity contribution in [2.24, 2.45) is 5.92 Å². The van der Waals surface area contributed by atoms with E-state index in [1.54, 1.807) is 0 Å². The number of nitrogen functional groups attached to an aromatic ring is 1. The van der Waals surface area contributed by atoms with Gasteiger partial charge in [0.1, 0.15) is 5.82 Å². The molecule has 1 unspecified atom stereocenters. The van der Waals surface area contributed by atoms with Crippen LogP contribution in [0.1, 0.15) is 36.2 Å². The lowest BCUT2D eigenvalue weighted by molar-refractivity contribution is -0.0518. The molecular formula is C17H17F3N2O3. The second-order valence-corrected chi connectivity index (χ2v) is 6.37. The van der Waals surface area contributed by atoms with E-state index in [4.69, 9.17) is 10.2 Å². The molecule has 1 aliphatic rings. The predicted octanol–water partition coefficient (Wildman–Crippen LogP) is 3.07. The van der Waals surface area contributed by atoms with Crippen molar-refractivity contribution in [1.29, 1.82) is 0 Å². The van der Waals surface area contributed by atoms with Gasteiger partial charge in [-0.25, -0.2) is 13.2 Å². The smallest absolute Gasteiger partial charge is 0.287 e. The lowest BCUT2D eigenvalue weighted by Crippen LogP contribution is -2.35. The van der Waals surface area contributed by atoms with E-state index in [0.29, 0.717) is 12.8 Å². The fourth-order valence-corrected chi connectivity index (χ4v) is 3.13. The van der Waals surface area contributed by atoms with Crippen LogP contribution in [-0.2, 0) is 0 Å². The fourth-order valence-electron chi connectivity index (χ4n) is 3.13. The third-order valence-corrected chi connectivity index (χ3v) is 4.34. The number of fused-ring (bicyclic) bond motifs is 1. The van der Waals surface area contributed by atoms with Crippen molar-refractivity contribution >= 4 is 22.6 Å². The number of benzene rings is 1. The van der Waals surface area contributed by atoms with Crippen LogP contribution in [0.25, 0.3) is 11.0 Å². The van der Waals surface area contributed by atoms with Gasteiger partial charge in [-0.05, 0) is 24.8 Å². The maximum atomic E-state index is 13.4. The van der Waals surface area contributed by atoms with Crippen LogP contribution >= 0.6 is 0 Å². The Hall–Kier alpha value is -2.51. The van der Waals surface area contributed by atoms with Crippen molar-refractivity contribution in [1.82, 2.24) is 5.32 Å². The Labute approximate surface area is 141 Å². The Morgan fingerprint density at radius 2 is 2.12 bits per heavy atom. The predicted molar refractivity (Wildman–Crippen MR) is 86.1 cm³/mol. The molecule has 1 aromatic heterocycles. The molecule has 1 fully saturated rings. The second-order valence-electron chi connectivity index (χ2n) is 6.37. The first-order chi connectivity index (χ1) is 11.7. The Morgan fingerprint density at radius 1 is 1.36 bits per heavy atom. The summed E-state index contributed by atoms with van der Waals surface area (Å²) < 4.78 is 45.4. The van der Waals surface area contributed by atoms with E-state index >= 15 is 0 Å². The van der Waals surface area contributed by atoms with E-state index in [-0.39, 0.29) is 47.7 Å². The summed E-state index contributed by atoms with van der Waals surface area (Å²) in [6.07, 6.45) is 0.596. The van der Waals surface area contributed by atoms with Crippen molar-refractivity contribution in [3.8, 4) is 0 Å². The molecule has 0 aliphatic heterocycles. The number of rotatable bonds is 3. The van der Waals surface area contributed by atoms with Crippen molar-refractivity contribution in [2.75, 3.05) is 12.3 Å². The van der Waals surface area contributed by atoms with Crippen molar-refractivity contribution < 1.29 is 22.4 Å². The molecule has 0 spiro atoms. The van der Waals surface area contributed by atoms with Crippen LogP contribution in [0.5, 0.6) is 0 Å². The molecule has 3 rings (SSSR count). The minimum atomic E-state index is -2.71. The number of carbonyl (C=O) groups is 1. The number of hydrogen-bond donors (Lipinski definition) is 2. The Kier molecular flexibility index (Phi) is 4.45. The van der Waals surface area contributed by atoms with E-state index in [2.05, 4.69) is 5.32 Å². The summed E-state index contributed by atoms with van der Waals surface area (Å²) in [5.41, 5.74) is 4.84. The van der Waals surface area contributed by atoms with Crippen LogP contribution in [0.2, 0.25) is 0 Å². The zero-order chi connectivity index (χ0) is 18.2. The first-order valence-corrected chi connectivity index (χ1v) is 7.94. The zero-order valence-electron chi connectivity index (χ0n) is 13.3. The first kappa shape index (κ1) is 17.3. The summed E-state index contributed by atoms with van der Waals surface area (Å²) in [7, 11) is 0. The number of anilines is 1. The van der Waals surface area contributed by atoms with Crippen molar-refractivity contribution in [2.45, 2.75) is 31.6 Å². The third-order valence-electron chi connectivity index (χ3n) is 4.34. The van der Waals surface area contributed by atoms with Gasteiger partial charge in [-0.15, -0.1) is 0 Å². The molecule has 8 heteroatoms. The highest BCUT2D eigenvalue weighted by Gasteiger charge is 2.36. The normalized spacial score (nSPS) is 19.7. The lowest BCUT2D eigenvalue weighted by atomic mass is 9.86. The summed E-state index contributed by atoms with van der Waals surface area (Å²) in [4.78, 5) is 24.2. The zero-order valence-corrected chi connectivity index (χ0v) is 13.3. The highest BCUT2D eigenvalue weighted by molar-refractivity contribution is 5.95. The highest BCUT2D eigenvalue weighted by Crippen LogP contribution is 2.36. The summed E-state index contributed by atoms with van der Waals surface area (Å²) in [5.74, 6) is -4.72. The molecule has 3 N–H and O–H groups in total. The second kappa shape index (κ2) is 6.42. The molecule has 5 nitrogen and oxygen atoms in total. The average Bonchev–Trinajstić information content (AvgIpc) is 2.52. The molecule has 1 atom stereocenters. The first-order valence-electron chi connectivity index (χ1n) is 7.94. The minimum Gasteiger partial charge on any atom is -0.448 e. The topological polar surface area (TPSA) is 85.3 Å². The van der Waals surface area contributed by atoms with E-state index in [1.807, 2.05) is 0 Å². The maximum absolute atomic E-state index is 13.4. The molecule has 1 aromatic carbocycles. The van der Waals surface area contributed by atoms with Crippen LogP contribution in [0.4, 0.5) is 18.9 Å². The molecule has 2 aromatic rings. The van der Waals surface area contributed by atoms with Crippen LogP contribution in [0, 0.1) is 11.7 Å². The summed E-state index contributed by atoms with van der Waals surface area (Å²) in [6.45, 7) is 0.0646. The summed E-state index contributed by atoms with van der Waals surface area (Å²) >= 11 is 0. The van der Waals surface area contributed by atoms with Gasteiger partial charge < -0.3 is 15.5 Å². The number of alkyl halides is 2. The highest BCUT2D eigenvalue weighted by atomic mass is 19.3. The Morgan fingerprint density at radius 3 is 2.84 bits per heavy atom. The largest absolute Gasteiger partial charge is 0.448 e. The standard InChI is InChI=1S/C17H17F3N2O3/c18-10-4-11-13(23)6-14(25-15(11)12(21)5-10)16(24)22-8-9-2-1-3-17(19,20)7-9/h4-6,9H,1-3,7-8,21H2,(H,22,24). The van der Waals surface area contributed by atoms with E-state index in [9.17, 15) is 22.8 Å². The fraction of sp³-hybridized carbons (Fsp3) is 0.412. The van der Waals surface area contributed by atoms with Crippen LogP contribution < -0.4 is 16.5 Å². The molecular weight excluding hydrogens is 337 g/mol. The van der Waals surface area contributed by atoms with E-state index in [0.717, 1.165) is 18.2 Å². The Balaban J connectivity index is 1.77. The van der Waals surface area contributed by atoms with Crippen molar-refractivity contribution in [3.05, 3.63) is 40.0 Å². The number of halogens is 3. The average molecular weight is 354 g/mol. The number of amides is 1. The monoisotopic (exact) mass is 354 g/mol. The van der Waals surface area contributed by atoms with Gasteiger partial charge in [0.05, 0.1) is 11.1 Å². The van der Waals surface area contributed by atoms with E-state index < -0.39 is 23.1 Å². The Bertz CT molecular complexity index is 879. The van der Waals surface area contributed by atoms with Crippen LogP contribution in [0.15, 0.2) is 27.4 Å². The van der Waals surface area contributed by atoms with Gasteiger partial charge in [0.15, 0.2) is 16.8 Å². The number of carbonyl (C=O) groups excluding carboxylic acids is 1. The molecule has 0 saturated heterocycles. The molecule has 134 valence electrons. The summed E-state index contributed by atoms with van der Waals surface area (Å²) in [5, 5.41) is 2.44. The molecule has 1 aliphatic carbocycles. The van der Waals surface area contributed by atoms with Crippen LogP contribution in [-0.4, -0.2) is 18.4 Å².